The molecule has 0 saturated heterocycles. The van der Waals surface area contributed by atoms with E-state index in [1.165, 1.54) is 19.1 Å². The lowest BCUT2D eigenvalue weighted by atomic mass is 10.1. The molecule has 28 heavy (non-hydrogen) atoms. The number of amidine groups is 1. The van der Waals surface area contributed by atoms with Gasteiger partial charge in [0.1, 0.15) is 11.6 Å². The van der Waals surface area contributed by atoms with Gasteiger partial charge in [0, 0.05) is 23.9 Å². The SMILES string of the molecule is COCc1cc(C(C)=NC(=N)c2ccc(C(C)=O)c(F)c2)ccc1OC(C)C. The number of benzene rings is 2. The summed E-state index contributed by atoms with van der Waals surface area (Å²) in [5.41, 5.74) is 2.61. The predicted octanol–water partition coefficient (Wildman–Crippen LogP) is 4.80. The van der Waals surface area contributed by atoms with E-state index in [4.69, 9.17) is 14.9 Å². The molecule has 0 bridgehead atoms. The van der Waals surface area contributed by atoms with Gasteiger partial charge in [-0.05, 0) is 63.6 Å². The van der Waals surface area contributed by atoms with E-state index in [-0.39, 0.29) is 23.3 Å². The molecular weight excluding hydrogens is 359 g/mol. The summed E-state index contributed by atoms with van der Waals surface area (Å²) in [5, 5.41) is 8.16. The highest BCUT2D eigenvalue weighted by molar-refractivity contribution is 6.10. The van der Waals surface area contributed by atoms with E-state index >= 15 is 0 Å². The van der Waals surface area contributed by atoms with Crippen molar-refractivity contribution in [3.05, 3.63) is 64.5 Å². The largest absolute Gasteiger partial charge is 0.491 e. The quantitative estimate of drug-likeness (QED) is 0.423. The minimum Gasteiger partial charge on any atom is -0.491 e. The highest BCUT2D eigenvalue weighted by atomic mass is 19.1. The molecule has 0 spiro atoms. The lowest BCUT2D eigenvalue weighted by Crippen LogP contribution is -2.09. The van der Waals surface area contributed by atoms with Crippen LogP contribution in [-0.4, -0.2) is 30.5 Å². The van der Waals surface area contributed by atoms with Crippen LogP contribution in [0, 0.1) is 11.2 Å². The number of carbonyl (C=O) groups is 1. The topological polar surface area (TPSA) is 71.7 Å². The average Bonchev–Trinajstić information content (AvgIpc) is 2.62. The van der Waals surface area contributed by atoms with Crippen molar-refractivity contribution in [3.63, 3.8) is 0 Å². The first-order chi connectivity index (χ1) is 13.2. The minimum atomic E-state index is -0.653. The van der Waals surface area contributed by atoms with Crippen LogP contribution in [-0.2, 0) is 11.3 Å². The number of Topliss-reactive ketones (excluding diaryl/α,β-unsaturated/α-hetero) is 1. The molecule has 148 valence electrons. The van der Waals surface area contributed by atoms with Gasteiger partial charge in [0.2, 0.25) is 0 Å². The summed E-state index contributed by atoms with van der Waals surface area (Å²) in [7, 11) is 1.61. The highest BCUT2D eigenvalue weighted by Gasteiger charge is 2.12. The Kier molecular flexibility index (Phi) is 7.18. The van der Waals surface area contributed by atoms with Gasteiger partial charge >= 0.3 is 0 Å². The normalized spacial score (nSPS) is 11.6. The van der Waals surface area contributed by atoms with Gasteiger partial charge in [-0.15, -0.1) is 0 Å². The number of ketones is 1. The Morgan fingerprint density at radius 2 is 1.82 bits per heavy atom. The number of rotatable bonds is 7. The van der Waals surface area contributed by atoms with Gasteiger partial charge in [0.25, 0.3) is 0 Å². The molecule has 1 N–H and O–H groups in total. The minimum absolute atomic E-state index is 0.00204. The summed E-state index contributed by atoms with van der Waals surface area (Å²) >= 11 is 0. The fraction of sp³-hybridized carbons (Fsp3) is 0.318. The van der Waals surface area contributed by atoms with E-state index in [1.54, 1.807) is 14.0 Å². The molecule has 2 rings (SSSR count). The average molecular weight is 384 g/mol. The van der Waals surface area contributed by atoms with E-state index in [1.807, 2.05) is 32.0 Å². The van der Waals surface area contributed by atoms with E-state index in [2.05, 4.69) is 4.99 Å². The van der Waals surface area contributed by atoms with E-state index in [0.29, 0.717) is 17.9 Å². The van der Waals surface area contributed by atoms with Crippen LogP contribution in [0.3, 0.4) is 0 Å². The summed E-state index contributed by atoms with van der Waals surface area (Å²) in [6, 6.07) is 9.69. The Labute approximate surface area is 164 Å². The van der Waals surface area contributed by atoms with Crippen LogP contribution in [0.5, 0.6) is 5.75 Å². The second-order valence-electron chi connectivity index (χ2n) is 6.72. The number of nitrogens with zero attached hydrogens (tertiary/aromatic N) is 1. The van der Waals surface area contributed by atoms with Crippen molar-refractivity contribution in [2.24, 2.45) is 4.99 Å². The lowest BCUT2D eigenvalue weighted by Gasteiger charge is -2.15. The summed E-state index contributed by atoms with van der Waals surface area (Å²) < 4.78 is 25.1. The van der Waals surface area contributed by atoms with Crippen LogP contribution >= 0.6 is 0 Å². The molecule has 2 aromatic rings. The maximum absolute atomic E-state index is 14.0. The maximum Gasteiger partial charge on any atom is 0.162 e. The van der Waals surface area contributed by atoms with Crippen LogP contribution < -0.4 is 4.74 Å². The van der Waals surface area contributed by atoms with Crippen LogP contribution in [0.4, 0.5) is 4.39 Å². The Balaban J connectivity index is 2.31. The third-order valence-electron chi connectivity index (χ3n) is 4.04. The van der Waals surface area contributed by atoms with Crippen LogP contribution in [0.25, 0.3) is 0 Å². The van der Waals surface area contributed by atoms with Gasteiger partial charge < -0.3 is 9.47 Å². The van der Waals surface area contributed by atoms with Gasteiger partial charge in [-0.1, -0.05) is 6.07 Å². The van der Waals surface area contributed by atoms with Crippen LogP contribution in [0.15, 0.2) is 41.4 Å². The van der Waals surface area contributed by atoms with Crippen molar-refractivity contribution in [1.82, 2.24) is 0 Å². The number of hydrogen-bond acceptors (Lipinski definition) is 4. The van der Waals surface area contributed by atoms with Crippen molar-refractivity contribution in [2.75, 3.05) is 7.11 Å². The van der Waals surface area contributed by atoms with Crippen LogP contribution in [0.1, 0.15) is 54.7 Å². The lowest BCUT2D eigenvalue weighted by molar-refractivity contribution is 0.101. The van der Waals surface area contributed by atoms with Gasteiger partial charge in [0.05, 0.1) is 18.3 Å². The molecule has 0 aliphatic heterocycles. The molecule has 0 aliphatic carbocycles. The Morgan fingerprint density at radius 3 is 2.39 bits per heavy atom. The van der Waals surface area contributed by atoms with Gasteiger partial charge in [0.15, 0.2) is 11.6 Å². The van der Waals surface area contributed by atoms with Gasteiger partial charge in [-0.3, -0.25) is 10.2 Å². The first-order valence-electron chi connectivity index (χ1n) is 8.96. The Bertz CT molecular complexity index is 920. The fourth-order valence-electron chi connectivity index (χ4n) is 2.69. The summed E-state index contributed by atoms with van der Waals surface area (Å²) in [5.74, 6) is -0.350. The number of methoxy groups -OCH3 is 1. The van der Waals surface area contributed by atoms with E-state index in [9.17, 15) is 9.18 Å². The van der Waals surface area contributed by atoms with Crippen molar-refractivity contribution in [2.45, 2.75) is 40.4 Å². The van der Waals surface area contributed by atoms with E-state index in [0.717, 1.165) is 22.9 Å². The summed E-state index contributed by atoms with van der Waals surface area (Å²) in [6.45, 7) is 7.38. The second kappa shape index (κ2) is 9.37. The number of carbonyl (C=O) groups excluding carboxylic acids is 1. The number of ether oxygens (including phenoxy) is 2. The number of halogens is 1. The zero-order valence-corrected chi connectivity index (χ0v) is 16.8. The number of nitrogens with one attached hydrogen (secondary N) is 1. The fourth-order valence-corrected chi connectivity index (χ4v) is 2.69. The first-order valence-corrected chi connectivity index (χ1v) is 8.96. The zero-order chi connectivity index (χ0) is 20.8. The Morgan fingerprint density at radius 1 is 1.14 bits per heavy atom. The number of hydrogen-bond donors (Lipinski definition) is 1. The third kappa shape index (κ3) is 5.33. The van der Waals surface area contributed by atoms with Crippen molar-refractivity contribution in [3.8, 4) is 5.75 Å². The Hall–Kier alpha value is -2.86. The van der Waals surface area contributed by atoms with Gasteiger partial charge in [-0.25, -0.2) is 9.38 Å². The molecule has 6 heteroatoms. The zero-order valence-electron chi connectivity index (χ0n) is 16.8. The molecule has 0 fully saturated rings. The first kappa shape index (κ1) is 21.4. The van der Waals surface area contributed by atoms with Crippen molar-refractivity contribution in [1.29, 1.82) is 5.41 Å². The summed E-state index contributed by atoms with van der Waals surface area (Å²) in [4.78, 5) is 15.6. The maximum atomic E-state index is 14.0. The molecule has 0 saturated carbocycles. The predicted molar refractivity (Wildman–Crippen MR) is 108 cm³/mol. The molecular formula is C22H25FN2O3. The third-order valence-corrected chi connectivity index (χ3v) is 4.04. The molecule has 0 atom stereocenters. The van der Waals surface area contributed by atoms with Gasteiger partial charge in [-0.2, -0.15) is 0 Å². The number of aliphatic imine (C=N–C) groups is 1. The molecule has 0 aromatic heterocycles. The molecule has 0 heterocycles. The monoisotopic (exact) mass is 384 g/mol. The van der Waals surface area contributed by atoms with Crippen molar-refractivity contribution >= 4 is 17.3 Å². The molecule has 0 radical (unpaired) electrons. The highest BCUT2D eigenvalue weighted by Crippen LogP contribution is 2.23. The second-order valence-corrected chi connectivity index (χ2v) is 6.72. The van der Waals surface area contributed by atoms with Crippen molar-refractivity contribution < 1.29 is 18.7 Å². The molecule has 2 aromatic carbocycles. The molecule has 0 amide bonds. The van der Waals surface area contributed by atoms with Crippen LogP contribution in [0.2, 0.25) is 0 Å². The standard InChI is InChI=1S/C22H25FN2O3/c1-13(2)28-21-9-7-16(10-18(21)12-27-5)14(3)25-22(24)17-6-8-19(15(4)26)20(23)11-17/h6-11,13,24H,12H2,1-5H3. The molecule has 5 nitrogen and oxygen atoms in total. The molecule has 0 unspecified atom stereocenters. The molecule has 0 aliphatic rings. The summed E-state index contributed by atoms with van der Waals surface area (Å²) in [6.07, 6.45) is 0.0391. The van der Waals surface area contributed by atoms with E-state index < -0.39 is 5.82 Å². The smallest absolute Gasteiger partial charge is 0.162 e.